The van der Waals surface area contributed by atoms with Crippen LogP contribution in [0.3, 0.4) is 0 Å². The van der Waals surface area contributed by atoms with Crippen LogP contribution < -0.4 is 0 Å². The summed E-state index contributed by atoms with van der Waals surface area (Å²) >= 11 is 0. The van der Waals surface area contributed by atoms with Gasteiger partial charge in [0.15, 0.2) is 0 Å². The summed E-state index contributed by atoms with van der Waals surface area (Å²) in [6.07, 6.45) is 5.14. The number of allylic oxidation sites excluding steroid dienone is 1. The summed E-state index contributed by atoms with van der Waals surface area (Å²) < 4.78 is 0. The lowest BCUT2D eigenvalue weighted by Crippen LogP contribution is -2.12. The Morgan fingerprint density at radius 3 is 1.82 bits per heavy atom. The van der Waals surface area contributed by atoms with Crippen molar-refractivity contribution in [3.8, 4) is 0 Å². The first-order valence-electron chi connectivity index (χ1n) is 3.63. The fourth-order valence-corrected chi connectivity index (χ4v) is 0.105. The van der Waals surface area contributed by atoms with Gasteiger partial charge in [-0.05, 0) is 20.3 Å². The first-order chi connectivity index (χ1) is 4.97. The van der Waals surface area contributed by atoms with Gasteiger partial charge in [-0.15, -0.1) is 6.58 Å². The maximum absolute atomic E-state index is 8.71. The number of hydrogen-bond donors (Lipinski definition) is 2. The van der Waals surface area contributed by atoms with Crippen LogP contribution in [-0.4, -0.2) is 15.8 Å². The van der Waals surface area contributed by atoms with Crippen molar-refractivity contribution in [3.63, 3.8) is 0 Å². The van der Waals surface area contributed by atoms with E-state index in [9.17, 15) is 0 Å². The van der Waals surface area contributed by atoms with Gasteiger partial charge in [0.1, 0.15) is 0 Å². The topological polar surface area (TPSA) is 40.5 Å². The van der Waals surface area contributed by atoms with Crippen molar-refractivity contribution < 1.29 is 10.2 Å². The average molecular weight is 158 g/mol. The van der Waals surface area contributed by atoms with Crippen LogP contribution in [-0.2, 0) is 0 Å². The Kier molecular flexibility index (Phi) is 8.60. The lowest BCUT2D eigenvalue weighted by Gasteiger charge is -2.07. The van der Waals surface area contributed by atoms with Crippen molar-refractivity contribution in [1.82, 2.24) is 0 Å². The van der Waals surface area contributed by atoms with Crippen molar-refractivity contribution in [2.24, 2.45) is 0 Å². The summed E-state index contributed by atoms with van der Waals surface area (Å²) in [6.45, 7) is 8.71. The standard InChI is InChI=1S/C5H10O.C4H8O/c1-4-5(2,3)6;1-2-3-4-5/h4,6H,1H2,2-3H3;3-5H,2H2,1H3/b;4-3+. The van der Waals surface area contributed by atoms with Gasteiger partial charge in [-0.25, -0.2) is 0 Å². The summed E-state index contributed by atoms with van der Waals surface area (Å²) in [6, 6.07) is 0. The quantitative estimate of drug-likeness (QED) is 0.478. The Hall–Kier alpha value is -0.760. The Morgan fingerprint density at radius 2 is 1.82 bits per heavy atom. The Morgan fingerprint density at radius 1 is 1.45 bits per heavy atom. The second kappa shape index (κ2) is 7.35. The van der Waals surface area contributed by atoms with Gasteiger partial charge in [-0.1, -0.05) is 19.1 Å². The normalized spacial score (nSPS) is 10.5. The zero-order chi connectivity index (χ0) is 9.33. The highest BCUT2D eigenvalue weighted by molar-refractivity contribution is 4.86. The van der Waals surface area contributed by atoms with Gasteiger partial charge in [0.05, 0.1) is 11.9 Å². The molecule has 0 rings (SSSR count). The van der Waals surface area contributed by atoms with Crippen LogP contribution in [0.4, 0.5) is 0 Å². The van der Waals surface area contributed by atoms with Crippen LogP contribution in [0.5, 0.6) is 0 Å². The minimum absolute atomic E-state index is 0.694. The summed E-state index contributed by atoms with van der Waals surface area (Å²) in [5, 5.41) is 16.6. The summed E-state index contributed by atoms with van der Waals surface area (Å²) in [5.41, 5.74) is -0.694. The second-order valence-corrected chi connectivity index (χ2v) is 2.65. The fourth-order valence-electron chi connectivity index (χ4n) is 0.105. The number of rotatable bonds is 2. The van der Waals surface area contributed by atoms with Gasteiger partial charge in [-0.2, -0.15) is 0 Å². The summed E-state index contributed by atoms with van der Waals surface area (Å²) in [5.74, 6) is 0. The third kappa shape index (κ3) is 26.9. The van der Waals surface area contributed by atoms with Crippen molar-refractivity contribution in [2.45, 2.75) is 32.8 Å². The Balaban J connectivity index is 0. The molecule has 11 heavy (non-hydrogen) atoms. The van der Waals surface area contributed by atoms with E-state index in [4.69, 9.17) is 10.2 Å². The van der Waals surface area contributed by atoms with E-state index in [1.54, 1.807) is 19.9 Å². The average Bonchev–Trinajstić information content (AvgIpc) is 1.90. The SMILES string of the molecule is C=CC(C)(C)O.CC/C=C/O. The molecule has 0 atom stereocenters. The van der Waals surface area contributed by atoms with E-state index in [0.717, 1.165) is 12.7 Å². The number of hydrogen-bond acceptors (Lipinski definition) is 2. The van der Waals surface area contributed by atoms with Crippen LogP contribution in [0.2, 0.25) is 0 Å². The minimum Gasteiger partial charge on any atom is -0.516 e. The predicted molar refractivity (Wildman–Crippen MR) is 48.6 cm³/mol. The largest absolute Gasteiger partial charge is 0.516 e. The van der Waals surface area contributed by atoms with Gasteiger partial charge >= 0.3 is 0 Å². The molecule has 0 fully saturated rings. The molecule has 0 aliphatic carbocycles. The molecule has 2 nitrogen and oxygen atoms in total. The maximum Gasteiger partial charge on any atom is 0.0769 e. The van der Waals surface area contributed by atoms with E-state index in [-0.39, 0.29) is 0 Å². The zero-order valence-electron chi connectivity index (χ0n) is 7.54. The molecule has 0 aromatic rings. The lowest BCUT2D eigenvalue weighted by molar-refractivity contribution is 0.133. The van der Waals surface area contributed by atoms with E-state index < -0.39 is 5.60 Å². The van der Waals surface area contributed by atoms with E-state index in [0.29, 0.717) is 0 Å². The van der Waals surface area contributed by atoms with Gasteiger partial charge in [-0.3, -0.25) is 0 Å². The molecule has 0 aromatic carbocycles. The highest BCUT2D eigenvalue weighted by Crippen LogP contribution is 1.98. The van der Waals surface area contributed by atoms with Gasteiger partial charge in [0, 0.05) is 0 Å². The van der Waals surface area contributed by atoms with E-state index in [1.807, 2.05) is 6.92 Å². The highest BCUT2D eigenvalue weighted by Gasteiger charge is 2.02. The molecule has 0 saturated heterocycles. The predicted octanol–water partition coefficient (Wildman–Crippen LogP) is 2.41. The molecule has 0 aliphatic rings. The maximum atomic E-state index is 8.71. The summed E-state index contributed by atoms with van der Waals surface area (Å²) in [4.78, 5) is 0. The molecule has 0 aromatic heterocycles. The van der Waals surface area contributed by atoms with Crippen molar-refractivity contribution in [2.75, 3.05) is 0 Å². The molecule has 0 aliphatic heterocycles. The molecule has 66 valence electrons. The van der Waals surface area contributed by atoms with Crippen molar-refractivity contribution in [3.05, 3.63) is 25.0 Å². The molecule has 0 saturated carbocycles. The van der Waals surface area contributed by atoms with Gasteiger partial charge in [0.25, 0.3) is 0 Å². The van der Waals surface area contributed by atoms with E-state index in [2.05, 4.69) is 6.58 Å². The zero-order valence-corrected chi connectivity index (χ0v) is 7.54. The monoisotopic (exact) mass is 158 g/mol. The molecule has 0 spiro atoms. The van der Waals surface area contributed by atoms with Crippen LogP contribution in [0.1, 0.15) is 27.2 Å². The van der Waals surface area contributed by atoms with Crippen LogP contribution in [0.25, 0.3) is 0 Å². The van der Waals surface area contributed by atoms with E-state index >= 15 is 0 Å². The Labute approximate surface area is 68.9 Å². The minimum atomic E-state index is -0.694. The molecule has 2 heteroatoms. The van der Waals surface area contributed by atoms with Gasteiger partial charge in [0.2, 0.25) is 0 Å². The third-order valence-electron chi connectivity index (χ3n) is 0.841. The molecular weight excluding hydrogens is 140 g/mol. The molecule has 2 N–H and O–H groups in total. The van der Waals surface area contributed by atoms with Crippen molar-refractivity contribution >= 4 is 0 Å². The first kappa shape index (κ1) is 12.9. The number of aliphatic hydroxyl groups excluding tert-OH is 1. The van der Waals surface area contributed by atoms with Crippen molar-refractivity contribution in [1.29, 1.82) is 0 Å². The lowest BCUT2D eigenvalue weighted by atomic mass is 10.1. The molecule has 0 bridgehead atoms. The Bertz CT molecular complexity index is 109. The molecular formula is C9H18O2. The van der Waals surface area contributed by atoms with E-state index in [1.165, 1.54) is 6.08 Å². The molecule has 0 heterocycles. The molecule has 0 unspecified atom stereocenters. The molecule has 0 amide bonds. The smallest absolute Gasteiger partial charge is 0.0769 e. The summed E-state index contributed by atoms with van der Waals surface area (Å²) in [7, 11) is 0. The van der Waals surface area contributed by atoms with Crippen LogP contribution in [0, 0.1) is 0 Å². The highest BCUT2D eigenvalue weighted by atomic mass is 16.3. The molecule has 0 radical (unpaired) electrons. The second-order valence-electron chi connectivity index (χ2n) is 2.65. The fraction of sp³-hybridized carbons (Fsp3) is 0.556. The third-order valence-corrected chi connectivity index (χ3v) is 0.841. The van der Waals surface area contributed by atoms with Gasteiger partial charge < -0.3 is 10.2 Å². The first-order valence-corrected chi connectivity index (χ1v) is 3.63. The van der Waals surface area contributed by atoms with Crippen LogP contribution in [0.15, 0.2) is 25.0 Å². The number of aliphatic hydroxyl groups is 2. The van der Waals surface area contributed by atoms with Crippen LogP contribution >= 0.6 is 0 Å².